The SMILES string of the molecule is CN1C(c2ccccc2)=[N+](C)[P-]1(Cl)(Cl)(Cl)Cl. The Morgan fingerprint density at radius 1 is 1.06 bits per heavy atom. The Hall–Kier alpha value is 0.280. The molecule has 0 N–H and O–H groups in total. The second kappa shape index (κ2) is 2.99. The van der Waals surface area contributed by atoms with E-state index in [2.05, 4.69) is 0 Å². The molecule has 0 aromatic heterocycles. The summed E-state index contributed by atoms with van der Waals surface area (Å²) in [6.45, 7) is 0. The third-order valence-electron chi connectivity index (χ3n) is 2.82. The summed E-state index contributed by atoms with van der Waals surface area (Å²) in [6.07, 6.45) is 0. The fourth-order valence-electron chi connectivity index (χ4n) is 1.71. The summed E-state index contributed by atoms with van der Waals surface area (Å²) < 4.78 is -1.42. The molecule has 0 radical (unpaired) electrons. The van der Waals surface area contributed by atoms with Gasteiger partial charge in [-0.05, 0) is 0 Å². The first-order valence-electron chi connectivity index (χ1n) is 4.58. The minimum atomic E-state index is -4.52. The molecule has 90 valence electrons. The van der Waals surface area contributed by atoms with Crippen LogP contribution in [0.3, 0.4) is 0 Å². The molecule has 1 aromatic rings. The van der Waals surface area contributed by atoms with Gasteiger partial charge in [0.2, 0.25) is 0 Å². The van der Waals surface area contributed by atoms with Gasteiger partial charge in [-0.15, -0.1) is 0 Å². The van der Waals surface area contributed by atoms with Crippen molar-refractivity contribution < 1.29 is 4.35 Å². The van der Waals surface area contributed by atoms with Crippen molar-refractivity contribution in [1.29, 1.82) is 0 Å². The Morgan fingerprint density at radius 2 is 1.56 bits per heavy atom. The summed E-state index contributed by atoms with van der Waals surface area (Å²) in [5.41, 5.74) is 0.969. The molecule has 0 bridgehead atoms. The number of nitrogens with zero attached hydrogens (tertiary/aromatic N) is 2. The molecule has 0 saturated heterocycles. The third-order valence-corrected chi connectivity index (χ3v) is 11.0. The number of hydrogen-bond acceptors (Lipinski definition) is 1. The van der Waals surface area contributed by atoms with Crippen LogP contribution in [-0.4, -0.2) is 28.9 Å². The third kappa shape index (κ3) is 1.55. The quantitative estimate of drug-likeness (QED) is 0.688. The Kier molecular flexibility index (Phi) is 2.38. The van der Waals surface area contributed by atoms with Crippen molar-refractivity contribution in [3.63, 3.8) is 0 Å². The van der Waals surface area contributed by atoms with Gasteiger partial charge in [0.15, 0.2) is 0 Å². The average Bonchev–Trinajstić information content (AvgIpc) is 2.18. The van der Waals surface area contributed by atoms with Gasteiger partial charge < -0.3 is 0 Å². The van der Waals surface area contributed by atoms with E-state index >= 15 is 0 Å². The second-order valence-corrected chi connectivity index (χ2v) is 20.0. The predicted molar refractivity (Wildman–Crippen MR) is 74.8 cm³/mol. The first-order valence-corrected chi connectivity index (χ1v) is 10.8. The molecule has 0 aliphatic carbocycles. The van der Waals surface area contributed by atoms with Crippen molar-refractivity contribution >= 4 is 54.5 Å². The molecular weight excluding hydrogens is 309 g/mol. The maximum absolute atomic E-state index is 6.22. The van der Waals surface area contributed by atoms with E-state index in [1.807, 2.05) is 30.3 Å². The van der Waals surface area contributed by atoms with Gasteiger partial charge in [-0.25, -0.2) is 0 Å². The summed E-state index contributed by atoms with van der Waals surface area (Å²) in [4.78, 5) is 0. The van der Waals surface area contributed by atoms with E-state index in [0.29, 0.717) is 0 Å². The van der Waals surface area contributed by atoms with Crippen LogP contribution >= 0.6 is 48.6 Å². The van der Waals surface area contributed by atoms with Crippen LogP contribution < -0.4 is 0 Å². The molecule has 7 heteroatoms. The van der Waals surface area contributed by atoms with Gasteiger partial charge in [0.25, 0.3) is 0 Å². The van der Waals surface area contributed by atoms with Crippen LogP contribution in [0.4, 0.5) is 0 Å². The van der Waals surface area contributed by atoms with E-state index in [9.17, 15) is 0 Å². The van der Waals surface area contributed by atoms with Crippen LogP contribution in [0.25, 0.3) is 0 Å². The van der Waals surface area contributed by atoms with Gasteiger partial charge in [-0.2, -0.15) is 0 Å². The standard InChI is InChI=1S/C9H11Cl4N2P/c1-14-9(8-6-4-3-5-7-8)15(2)16(14,10,11,12)13/h3-7H,1-2H3. The molecule has 1 heterocycles. The normalized spacial score (nSPS) is 29.5. The summed E-state index contributed by atoms with van der Waals surface area (Å²) in [5.74, 6) is 0.811. The van der Waals surface area contributed by atoms with Crippen molar-refractivity contribution in [2.75, 3.05) is 14.1 Å². The van der Waals surface area contributed by atoms with E-state index in [-0.39, 0.29) is 0 Å². The molecule has 0 amide bonds. The van der Waals surface area contributed by atoms with Gasteiger partial charge in [0, 0.05) is 0 Å². The molecular formula is C9H11Cl4N2P. The van der Waals surface area contributed by atoms with Crippen LogP contribution in [0.15, 0.2) is 30.3 Å². The zero-order chi connectivity index (χ0) is 12.3. The zero-order valence-electron chi connectivity index (χ0n) is 8.74. The Balaban J connectivity index is 2.62. The molecule has 0 fully saturated rings. The second-order valence-electron chi connectivity index (χ2n) is 3.81. The Morgan fingerprint density at radius 3 is 2.00 bits per heavy atom. The van der Waals surface area contributed by atoms with Crippen molar-refractivity contribution in [2.45, 2.75) is 0 Å². The van der Waals surface area contributed by atoms with E-state index in [0.717, 1.165) is 11.4 Å². The summed E-state index contributed by atoms with van der Waals surface area (Å²) >= 11 is 24.9. The average molecular weight is 320 g/mol. The van der Waals surface area contributed by atoms with Crippen molar-refractivity contribution in [3.8, 4) is 0 Å². The minimum absolute atomic E-state index is 0.811. The fourth-order valence-corrected chi connectivity index (χ4v) is 4.94. The first-order chi connectivity index (χ1) is 7.08. The number of rotatable bonds is 1. The van der Waals surface area contributed by atoms with Crippen LogP contribution in [-0.2, 0) is 0 Å². The number of amidine groups is 1. The first kappa shape index (κ1) is 12.7. The number of hydrogen-bond donors (Lipinski definition) is 0. The van der Waals surface area contributed by atoms with Crippen LogP contribution in [0.5, 0.6) is 0 Å². The molecule has 0 atom stereocenters. The topological polar surface area (TPSA) is 6.25 Å². The summed E-state index contributed by atoms with van der Waals surface area (Å²) in [5, 5.41) is 0. The molecule has 16 heavy (non-hydrogen) atoms. The zero-order valence-corrected chi connectivity index (χ0v) is 12.7. The molecule has 0 unspecified atom stereocenters. The van der Waals surface area contributed by atoms with E-state index in [4.69, 9.17) is 45.0 Å². The maximum atomic E-state index is 6.22. The molecule has 2 nitrogen and oxygen atoms in total. The van der Waals surface area contributed by atoms with Gasteiger partial charge in [0.05, 0.1) is 0 Å². The van der Waals surface area contributed by atoms with E-state index in [1.165, 1.54) is 0 Å². The van der Waals surface area contributed by atoms with Crippen LogP contribution in [0.2, 0.25) is 0 Å². The van der Waals surface area contributed by atoms with Gasteiger partial charge in [-0.1, -0.05) is 0 Å². The molecule has 0 spiro atoms. The molecule has 0 saturated carbocycles. The molecule has 1 aliphatic rings. The van der Waals surface area contributed by atoms with E-state index in [1.54, 1.807) is 23.1 Å². The van der Waals surface area contributed by atoms with Crippen molar-refractivity contribution in [1.82, 2.24) is 4.67 Å². The fraction of sp³-hybridized carbons (Fsp3) is 0.222. The van der Waals surface area contributed by atoms with Gasteiger partial charge in [0.1, 0.15) is 0 Å². The summed E-state index contributed by atoms with van der Waals surface area (Å²) in [7, 11) is 3.39. The predicted octanol–water partition coefficient (Wildman–Crippen LogP) is 4.56. The van der Waals surface area contributed by atoms with Crippen molar-refractivity contribution in [2.24, 2.45) is 0 Å². The van der Waals surface area contributed by atoms with Crippen LogP contribution in [0, 0.1) is 0 Å². The Bertz CT molecular complexity index is 490. The number of benzene rings is 1. The summed E-state index contributed by atoms with van der Waals surface area (Å²) in [6, 6.07) is 9.67. The molecule has 1 aromatic carbocycles. The van der Waals surface area contributed by atoms with Crippen LogP contribution in [0.1, 0.15) is 5.56 Å². The molecule has 1 aliphatic heterocycles. The van der Waals surface area contributed by atoms with Crippen molar-refractivity contribution in [3.05, 3.63) is 35.9 Å². The number of halogens is 4. The van der Waals surface area contributed by atoms with E-state index < -0.39 is 3.66 Å². The monoisotopic (exact) mass is 318 g/mol. The van der Waals surface area contributed by atoms with Gasteiger partial charge in [-0.3, -0.25) is 0 Å². The Labute approximate surface area is 113 Å². The van der Waals surface area contributed by atoms with Gasteiger partial charge >= 0.3 is 113 Å². The molecule has 2 rings (SSSR count).